The maximum absolute atomic E-state index is 12.5. The summed E-state index contributed by atoms with van der Waals surface area (Å²) in [6.45, 7) is 17.7. The molecule has 0 saturated heterocycles. The van der Waals surface area contributed by atoms with Crippen LogP contribution in [0, 0.1) is 52.3 Å². The molecule has 0 radical (unpaired) electrons. The number of fused-ring (bicyclic) bond motifs is 5. The minimum atomic E-state index is -0.439. The topological polar surface area (TPSA) is 35.5 Å². The Bertz CT molecular complexity index is 906. The van der Waals surface area contributed by atoms with E-state index in [-0.39, 0.29) is 6.10 Å². The SMILES string of the molecule is CC(C)CCCCCCCCCCOC(=O)OC1CC[C@@]2(C)C(=CCC3C2CC[C@@]2(C)C3CC[C@@H]2[C@H](C)CCCC(C)C)C1. The second-order valence-electron chi connectivity index (χ2n) is 17.4. The van der Waals surface area contributed by atoms with Crippen LogP contribution >= 0.6 is 0 Å². The average molecular weight is 613 g/mol. The molecular formula is C41H72O3. The zero-order valence-electron chi connectivity index (χ0n) is 30.3. The van der Waals surface area contributed by atoms with E-state index in [1.54, 1.807) is 5.57 Å². The second-order valence-corrected chi connectivity index (χ2v) is 17.4. The van der Waals surface area contributed by atoms with Gasteiger partial charge in [0.05, 0.1) is 6.61 Å². The van der Waals surface area contributed by atoms with Crippen LogP contribution in [0.5, 0.6) is 0 Å². The van der Waals surface area contributed by atoms with Gasteiger partial charge >= 0.3 is 6.16 Å². The molecule has 3 fully saturated rings. The molecule has 0 aliphatic heterocycles. The molecule has 44 heavy (non-hydrogen) atoms. The van der Waals surface area contributed by atoms with E-state index in [0.717, 1.165) is 73.5 Å². The van der Waals surface area contributed by atoms with Gasteiger partial charge in [-0.1, -0.05) is 131 Å². The monoisotopic (exact) mass is 613 g/mol. The summed E-state index contributed by atoms with van der Waals surface area (Å²) in [6, 6.07) is 0. The first-order valence-electron chi connectivity index (χ1n) is 19.6. The van der Waals surface area contributed by atoms with Gasteiger partial charge in [0.15, 0.2) is 0 Å². The number of carbonyl (C=O) groups is 1. The second kappa shape index (κ2) is 16.7. The van der Waals surface area contributed by atoms with E-state index >= 15 is 0 Å². The molecule has 8 atom stereocenters. The van der Waals surface area contributed by atoms with Crippen molar-refractivity contribution < 1.29 is 14.3 Å². The first-order valence-corrected chi connectivity index (χ1v) is 19.6. The molecule has 4 aliphatic rings. The van der Waals surface area contributed by atoms with Gasteiger partial charge in [-0.15, -0.1) is 0 Å². The summed E-state index contributed by atoms with van der Waals surface area (Å²) in [5.41, 5.74) is 2.42. The Morgan fingerprint density at radius 3 is 2.14 bits per heavy atom. The summed E-state index contributed by atoms with van der Waals surface area (Å²) in [7, 11) is 0. The molecule has 4 rings (SSSR count). The normalized spacial score (nSPS) is 33.8. The number of rotatable bonds is 17. The van der Waals surface area contributed by atoms with Crippen LogP contribution in [-0.2, 0) is 9.47 Å². The maximum atomic E-state index is 12.5. The van der Waals surface area contributed by atoms with Crippen LogP contribution in [0.15, 0.2) is 11.6 Å². The van der Waals surface area contributed by atoms with Crippen LogP contribution in [0.2, 0.25) is 0 Å². The summed E-state index contributed by atoms with van der Waals surface area (Å²) in [5, 5.41) is 0. The molecular weight excluding hydrogens is 540 g/mol. The molecule has 0 amide bonds. The summed E-state index contributed by atoms with van der Waals surface area (Å²) in [4.78, 5) is 12.5. The number of hydrogen-bond acceptors (Lipinski definition) is 3. The highest BCUT2D eigenvalue weighted by Gasteiger charge is 2.59. The fourth-order valence-electron chi connectivity index (χ4n) is 10.8. The molecule has 3 nitrogen and oxygen atoms in total. The van der Waals surface area contributed by atoms with E-state index < -0.39 is 6.16 Å². The van der Waals surface area contributed by atoms with Crippen LogP contribution in [0.3, 0.4) is 0 Å². The number of ether oxygens (including phenoxy) is 2. The lowest BCUT2D eigenvalue weighted by Crippen LogP contribution is -2.51. The van der Waals surface area contributed by atoms with Crippen LogP contribution in [0.25, 0.3) is 0 Å². The summed E-state index contributed by atoms with van der Waals surface area (Å²) in [6.07, 6.45) is 27.9. The molecule has 254 valence electrons. The number of allylic oxidation sites excluding steroid dienone is 1. The van der Waals surface area contributed by atoms with E-state index in [1.807, 2.05) is 0 Å². The fourth-order valence-corrected chi connectivity index (χ4v) is 10.8. The minimum absolute atomic E-state index is 0.00882. The van der Waals surface area contributed by atoms with Crippen molar-refractivity contribution in [2.45, 2.75) is 183 Å². The third-order valence-electron chi connectivity index (χ3n) is 13.4. The lowest BCUT2D eigenvalue weighted by molar-refractivity contribution is -0.0617. The average Bonchev–Trinajstić information content (AvgIpc) is 3.33. The molecule has 3 saturated carbocycles. The van der Waals surface area contributed by atoms with Crippen LogP contribution in [-0.4, -0.2) is 18.9 Å². The van der Waals surface area contributed by atoms with E-state index in [2.05, 4.69) is 54.5 Å². The van der Waals surface area contributed by atoms with Crippen molar-refractivity contribution in [3.63, 3.8) is 0 Å². The Hall–Kier alpha value is -0.990. The zero-order chi connectivity index (χ0) is 31.7. The van der Waals surface area contributed by atoms with Gasteiger partial charge in [0.25, 0.3) is 0 Å². The summed E-state index contributed by atoms with van der Waals surface area (Å²) in [5.74, 6) is 6.01. The van der Waals surface area contributed by atoms with Crippen LogP contribution in [0.1, 0.15) is 177 Å². The highest BCUT2D eigenvalue weighted by molar-refractivity contribution is 5.60. The molecule has 0 spiro atoms. The molecule has 4 aliphatic carbocycles. The molecule has 0 heterocycles. The summed E-state index contributed by atoms with van der Waals surface area (Å²) < 4.78 is 11.4. The van der Waals surface area contributed by atoms with Gasteiger partial charge in [-0.05, 0) is 104 Å². The Labute approximate surface area is 273 Å². The number of unbranched alkanes of at least 4 members (excludes halogenated alkanes) is 7. The largest absolute Gasteiger partial charge is 0.508 e. The fraction of sp³-hybridized carbons (Fsp3) is 0.927. The van der Waals surface area contributed by atoms with Crippen molar-refractivity contribution in [3.8, 4) is 0 Å². The van der Waals surface area contributed by atoms with Crippen LogP contribution in [0.4, 0.5) is 4.79 Å². The molecule has 0 N–H and O–H groups in total. The highest BCUT2D eigenvalue weighted by Crippen LogP contribution is 2.67. The molecule has 0 aromatic heterocycles. The molecule has 0 bridgehead atoms. The van der Waals surface area contributed by atoms with Crippen molar-refractivity contribution in [2.24, 2.45) is 52.3 Å². The molecule has 0 aromatic rings. The smallest absolute Gasteiger partial charge is 0.434 e. The van der Waals surface area contributed by atoms with Crippen molar-refractivity contribution in [2.75, 3.05) is 6.61 Å². The minimum Gasteiger partial charge on any atom is -0.434 e. The first kappa shape index (κ1) is 35.9. The van der Waals surface area contributed by atoms with Crippen molar-refractivity contribution in [1.82, 2.24) is 0 Å². The van der Waals surface area contributed by atoms with Gasteiger partial charge in [-0.2, -0.15) is 0 Å². The Morgan fingerprint density at radius 2 is 1.43 bits per heavy atom. The van der Waals surface area contributed by atoms with Gasteiger partial charge in [-0.3, -0.25) is 0 Å². The lowest BCUT2D eigenvalue weighted by Gasteiger charge is -2.58. The third kappa shape index (κ3) is 9.08. The standard InChI is InChI=1S/C41H72O3/c1-30(2)17-14-12-10-8-9-11-13-15-28-43-39(42)44-34-24-26-40(6)33(29-34)20-21-35-37-23-22-36(32(5)19-16-18-31(3)4)41(37,7)27-25-38(35)40/h20,30-32,34-38H,8-19,21-29H2,1-7H3/t32-,34?,35?,36-,37?,38?,40+,41-/m1/s1. The van der Waals surface area contributed by atoms with Gasteiger partial charge in [0.2, 0.25) is 0 Å². The van der Waals surface area contributed by atoms with E-state index in [4.69, 9.17) is 9.47 Å². The number of carbonyl (C=O) groups excluding carboxylic acids is 1. The predicted molar refractivity (Wildman–Crippen MR) is 186 cm³/mol. The van der Waals surface area contributed by atoms with Crippen molar-refractivity contribution >= 4 is 6.16 Å². The first-order chi connectivity index (χ1) is 21.0. The summed E-state index contributed by atoms with van der Waals surface area (Å²) >= 11 is 0. The van der Waals surface area contributed by atoms with E-state index in [1.165, 1.54) is 96.3 Å². The zero-order valence-corrected chi connectivity index (χ0v) is 30.3. The van der Waals surface area contributed by atoms with E-state index in [0.29, 0.717) is 17.4 Å². The van der Waals surface area contributed by atoms with Crippen molar-refractivity contribution in [3.05, 3.63) is 11.6 Å². The van der Waals surface area contributed by atoms with E-state index in [9.17, 15) is 4.79 Å². The Balaban J connectivity index is 1.17. The van der Waals surface area contributed by atoms with Gasteiger partial charge in [0, 0.05) is 6.42 Å². The molecule has 3 heteroatoms. The maximum Gasteiger partial charge on any atom is 0.508 e. The quantitative estimate of drug-likeness (QED) is 0.0931. The van der Waals surface area contributed by atoms with Crippen molar-refractivity contribution in [1.29, 1.82) is 0 Å². The lowest BCUT2D eigenvalue weighted by atomic mass is 9.47. The Kier molecular flexibility index (Phi) is 13.6. The molecule has 4 unspecified atom stereocenters. The van der Waals surface area contributed by atoms with Gasteiger partial charge < -0.3 is 9.47 Å². The third-order valence-corrected chi connectivity index (χ3v) is 13.4. The van der Waals surface area contributed by atoms with Crippen LogP contribution < -0.4 is 0 Å². The number of hydrogen-bond donors (Lipinski definition) is 0. The highest BCUT2D eigenvalue weighted by atomic mass is 16.7. The van der Waals surface area contributed by atoms with Gasteiger partial charge in [0.1, 0.15) is 6.10 Å². The Morgan fingerprint density at radius 1 is 0.773 bits per heavy atom. The predicted octanol–water partition coefficient (Wildman–Crippen LogP) is 12.7. The molecule has 0 aromatic carbocycles. The van der Waals surface area contributed by atoms with Gasteiger partial charge in [-0.25, -0.2) is 4.79 Å².